The first-order valence-corrected chi connectivity index (χ1v) is 10.3. The number of likely N-dealkylation sites (tertiary alicyclic amines) is 1. The first-order valence-electron chi connectivity index (χ1n) is 9.38. The van der Waals surface area contributed by atoms with E-state index in [0.717, 1.165) is 24.0 Å². The van der Waals surface area contributed by atoms with Crippen LogP contribution in [-0.2, 0) is 4.74 Å². The molecule has 28 heavy (non-hydrogen) atoms. The van der Waals surface area contributed by atoms with E-state index < -0.39 is 0 Å². The summed E-state index contributed by atoms with van der Waals surface area (Å²) in [6.07, 6.45) is 5.18. The van der Waals surface area contributed by atoms with Gasteiger partial charge in [-0.05, 0) is 36.4 Å². The molecule has 1 atom stereocenters. The van der Waals surface area contributed by atoms with Gasteiger partial charge in [0.1, 0.15) is 0 Å². The number of carbonyl (C=O) groups excluding carboxylic acids is 1. The summed E-state index contributed by atoms with van der Waals surface area (Å²) in [5.41, 5.74) is 1.52. The average molecular weight is 396 g/mol. The number of pyridine rings is 1. The minimum Gasteiger partial charge on any atom is -0.420 e. The molecule has 0 bridgehead atoms. The smallest absolute Gasteiger partial charge is 0.254 e. The molecule has 2 fully saturated rings. The van der Waals surface area contributed by atoms with Crippen LogP contribution in [0.4, 0.5) is 0 Å². The number of amides is 1. The summed E-state index contributed by atoms with van der Waals surface area (Å²) in [7, 11) is 0. The van der Waals surface area contributed by atoms with Gasteiger partial charge in [0.2, 0.25) is 11.8 Å². The fourth-order valence-electron chi connectivity index (χ4n) is 4.30. The van der Waals surface area contributed by atoms with E-state index in [2.05, 4.69) is 15.2 Å². The second-order valence-electron chi connectivity index (χ2n) is 7.41. The van der Waals surface area contributed by atoms with Crippen LogP contribution in [0.2, 0.25) is 0 Å². The number of hydrogen-bond donors (Lipinski definition) is 0. The molecular weight excluding hydrogens is 376 g/mol. The maximum Gasteiger partial charge on any atom is 0.254 e. The zero-order valence-corrected chi connectivity index (χ0v) is 16.1. The molecule has 3 aromatic heterocycles. The topological polar surface area (TPSA) is 81.4 Å². The molecule has 8 heteroatoms. The third kappa shape index (κ3) is 3.02. The van der Waals surface area contributed by atoms with Crippen molar-refractivity contribution in [3.63, 3.8) is 0 Å². The van der Waals surface area contributed by atoms with Crippen LogP contribution in [0.15, 0.2) is 45.8 Å². The van der Waals surface area contributed by atoms with Gasteiger partial charge in [-0.15, -0.1) is 10.2 Å². The summed E-state index contributed by atoms with van der Waals surface area (Å²) in [5, 5.41) is 12.5. The van der Waals surface area contributed by atoms with Gasteiger partial charge < -0.3 is 14.1 Å². The third-order valence-electron chi connectivity index (χ3n) is 5.86. The fourth-order valence-corrected chi connectivity index (χ4v) is 4.93. The second kappa shape index (κ2) is 7.10. The minimum absolute atomic E-state index is 0.0158. The van der Waals surface area contributed by atoms with Gasteiger partial charge in [-0.25, -0.2) is 0 Å². The molecule has 2 aliphatic heterocycles. The van der Waals surface area contributed by atoms with E-state index in [1.54, 1.807) is 12.4 Å². The molecule has 5 rings (SSSR count). The Bertz CT molecular complexity index is 951. The van der Waals surface area contributed by atoms with Gasteiger partial charge in [0.15, 0.2) is 0 Å². The summed E-state index contributed by atoms with van der Waals surface area (Å²) in [5.74, 6) is 1.18. The SMILES string of the molecule is O=C(c1ccsc1)N1CC(c2nnc(-c3ccncc3)o2)C2(CCOCC2)C1. The Morgan fingerprint density at radius 1 is 1.18 bits per heavy atom. The molecule has 1 amide bonds. The van der Waals surface area contributed by atoms with E-state index in [-0.39, 0.29) is 17.2 Å². The summed E-state index contributed by atoms with van der Waals surface area (Å²) in [6.45, 7) is 2.68. The lowest BCUT2D eigenvalue weighted by molar-refractivity contribution is 0.00908. The summed E-state index contributed by atoms with van der Waals surface area (Å²) in [4.78, 5) is 18.9. The molecule has 5 heterocycles. The van der Waals surface area contributed by atoms with Crippen molar-refractivity contribution < 1.29 is 13.9 Å². The maximum atomic E-state index is 13.0. The molecule has 0 aliphatic carbocycles. The number of hydrogen-bond acceptors (Lipinski definition) is 7. The lowest BCUT2D eigenvalue weighted by Crippen LogP contribution is -2.37. The molecular formula is C20H20N4O3S. The summed E-state index contributed by atoms with van der Waals surface area (Å²) < 4.78 is 11.7. The van der Waals surface area contributed by atoms with Gasteiger partial charge in [-0.2, -0.15) is 11.3 Å². The number of carbonyl (C=O) groups is 1. The monoisotopic (exact) mass is 396 g/mol. The predicted octanol–water partition coefficient (Wildman–Crippen LogP) is 3.23. The molecule has 0 radical (unpaired) electrons. The highest BCUT2D eigenvalue weighted by Crippen LogP contribution is 2.49. The zero-order chi connectivity index (χ0) is 19.0. The normalized spacial score (nSPS) is 21.3. The Hall–Kier alpha value is -2.58. The molecule has 1 unspecified atom stereocenters. The van der Waals surface area contributed by atoms with Gasteiger partial charge in [-0.3, -0.25) is 9.78 Å². The van der Waals surface area contributed by atoms with Crippen LogP contribution in [0.25, 0.3) is 11.5 Å². The highest BCUT2D eigenvalue weighted by molar-refractivity contribution is 7.08. The Balaban J connectivity index is 1.46. The van der Waals surface area contributed by atoms with E-state index in [1.165, 1.54) is 11.3 Å². The Labute approximate surface area is 166 Å². The van der Waals surface area contributed by atoms with Crippen LogP contribution in [0.1, 0.15) is 35.0 Å². The van der Waals surface area contributed by atoms with Crippen LogP contribution >= 0.6 is 11.3 Å². The second-order valence-corrected chi connectivity index (χ2v) is 8.19. The van der Waals surface area contributed by atoms with Gasteiger partial charge >= 0.3 is 0 Å². The van der Waals surface area contributed by atoms with Crippen molar-refractivity contribution in [3.05, 3.63) is 52.8 Å². The van der Waals surface area contributed by atoms with Crippen molar-refractivity contribution in [1.82, 2.24) is 20.1 Å². The molecule has 0 saturated carbocycles. The summed E-state index contributed by atoms with van der Waals surface area (Å²) >= 11 is 1.54. The molecule has 7 nitrogen and oxygen atoms in total. The lowest BCUT2D eigenvalue weighted by Gasteiger charge is -2.36. The van der Waals surface area contributed by atoms with Crippen LogP contribution < -0.4 is 0 Å². The van der Waals surface area contributed by atoms with Crippen LogP contribution in [-0.4, -0.2) is 52.3 Å². The molecule has 0 N–H and O–H groups in total. The minimum atomic E-state index is -0.0774. The van der Waals surface area contributed by atoms with Gasteiger partial charge in [-0.1, -0.05) is 0 Å². The first kappa shape index (κ1) is 17.5. The maximum absolute atomic E-state index is 13.0. The van der Waals surface area contributed by atoms with Crippen molar-refractivity contribution >= 4 is 17.2 Å². The highest BCUT2D eigenvalue weighted by Gasteiger charge is 2.51. The van der Waals surface area contributed by atoms with E-state index >= 15 is 0 Å². The molecule has 144 valence electrons. The van der Waals surface area contributed by atoms with Crippen molar-refractivity contribution in [2.24, 2.45) is 5.41 Å². The quantitative estimate of drug-likeness (QED) is 0.676. The molecule has 3 aromatic rings. The highest BCUT2D eigenvalue weighted by atomic mass is 32.1. The molecule has 0 aromatic carbocycles. The van der Waals surface area contributed by atoms with E-state index in [9.17, 15) is 4.79 Å². The van der Waals surface area contributed by atoms with Crippen molar-refractivity contribution in [1.29, 1.82) is 0 Å². The largest absolute Gasteiger partial charge is 0.420 e. The molecule has 1 spiro atoms. The van der Waals surface area contributed by atoms with Gasteiger partial charge in [0, 0.05) is 55.1 Å². The third-order valence-corrected chi connectivity index (χ3v) is 6.54. The number of nitrogens with zero attached hydrogens (tertiary/aromatic N) is 4. The standard InChI is InChI=1S/C20H20N4O3S/c25-19(15-3-10-28-12-15)24-11-16(20(13-24)4-8-26-9-5-20)18-23-22-17(27-18)14-1-6-21-7-2-14/h1-3,6-7,10,12,16H,4-5,8-9,11,13H2. The number of aromatic nitrogens is 3. The Kier molecular flexibility index (Phi) is 4.44. The average Bonchev–Trinajstić information content (AvgIpc) is 3.49. The van der Waals surface area contributed by atoms with Gasteiger partial charge in [0.25, 0.3) is 5.91 Å². The van der Waals surface area contributed by atoms with Crippen LogP contribution in [0.5, 0.6) is 0 Å². The number of ether oxygens (including phenoxy) is 1. The molecule has 2 aliphatic rings. The van der Waals surface area contributed by atoms with Crippen molar-refractivity contribution in [2.45, 2.75) is 18.8 Å². The predicted molar refractivity (Wildman–Crippen MR) is 103 cm³/mol. The van der Waals surface area contributed by atoms with Crippen LogP contribution in [0, 0.1) is 5.41 Å². The Morgan fingerprint density at radius 3 is 2.75 bits per heavy atom. The van der Waals surface area contributed by atoms with E-state index in [0.29, 0.717) is 38.1 Å². The van der Waals surface area contributed by atoms with E-state index in [1.807, 2.05) is 33.9 Å². The van der Waals surface area contributed by atoms with Crippen molar-refractivity contribution in [3.8, 4) is 11.5 Å². The number of thiophene rings is 1. The Morgan fingerprint density at radius 2 is 2.00 bits per heavy atom. The van der Waals surface area contributed by atoms with Crippen LogP contribution in [0.3, 0.4) is 0 Å². The zero-order valence-electron chi connectivity index (χ0n) is 15.3. The molecule has 2 saturated heterocycles. The fraction of sp³-hybridized carbons (Fsp3) is 0.400. The first-order chi connectivity index (χ1) is 13.8. The van der Waals surface area contributed by atoms with E-state index in [4.69, 9.17) is 9.15 Å². The van der Waals surface area contributed by atoms with Crippen molar-refractivity contribution in [2.75, 3.05) is 26.3 Å². The number of rotatable bonds is 3. The lowest BCUT2D eigenvalue weighted by atomic mass is 9.72. The summed E-state index contributed by atoms with van der Waals surface area (Å²) in [6, 6.07) is 5.58. The van der Waals surface area contributed by atoms with Gasteiger partial charge in [0.05, 0.1) is 11.5 Å².